The van der Waals surface area contributed by atoms with E-state index in [0.29, 0.717) is 17.2 Å². The summed E-state index contributed by atoms with van der Waals surface area (Å²) in [5.41, 5.74) is 5.24. The Hall–Kier alpha value is -3.27. The molecule has 10 heteroatoms. The lowest BCUT2D eigenvalue weighted by Gasteiger charge is -2.12. The first-order valence-corrected chi connectivity index (χ1v) is 9.14. The summed E-state index contributed by atoms with van der Waals surface area (Å²) in [7, 11) is 2.91. The van der Waals surface area contributed by atoms with Crippen molar-refractivity contribution in [1.82, 2.24) is 10.9 Å². The summed E-state index contributed by atoms with van der Waals surface area (Å²) in [5.74, 6) is -1.31. The SMILES string of the molecule is COc1ccc(NC(=O)C(=O)NNC(=O)COc2ccc(Br)cc2C)c(OC)c1. The number of anilines is 1. The average molecular weight is 466 g/mol. The molecule has 2 aromatic carbocycles. The molecule has 0 fully saturated rings. The van der Waals surface area contributed by atoms with Crippen molar-refractivity contribution in [3.8, 4) is 17.2 Å². The molecule has 0 saturated heterocycles. The molecular weight excluding hydrogens is 446 g/mol. The largest absolute Gasteiger partial charge is 0.497 e. The van der Waals surface area contributed by atoms with Crippen LogP contribution in [0.25, 0.3) is 0 Å². The molecule has 154 valence electrons. The van der Waals surface area contributed by atoms with Gasteiger partial charge in [0.15, 0.2) is 6.61 Å². The molecule has 29 heavy (non-hydrogen) atoms. The van der Waals surface area contributed by atoms with Gasteiger partial charge in [-0.25, -0.2) is 0 Å². The Balaban J connectivity index is 1.83. The Bertz CT molecular complexity index is 919. The molecule has 0 unspecified atom stereocenters. The lowest BCUT2D eigenvalue weighted by atomic mass is 10.2. The highest BCUT2D eigenvalue weighted by Crippen LogP contribution is 2.28. The van der Waals surface area contributed by atoms with E-state index in [1.807, 2.05) is 18.4 Å². The van der Waals surface area contributed by atoms with E-state index in [4.69, 9.17) is 14.2 Å². The van der Waals surface area contributed by atoms with Crippen LogP contribution in [-0.4, -0.2) is 38.5 Å². The highest BCUT2D eigenvalue weighted by Gasteiger charge is 2.17. The molecule has 0 saturated carbocycles. The molecule has 0 aliphatic carbocycles. The van der Waals surface area contributed by atoms with Crippen molar-refractivity contribution in [2.45, 2.75) is 6.92 Å². The maximum absolute atomic E-state index is 12.0. The van der Waals surface area contributed by atoms with Crippen LogP contribution in [0.3, 0.4) is 0 Å². The molecule has 3 amide bonds. The Kier molecular flexibility index (Phi) is 7.84. The highest BCUT2D eigenvalue weighted by atomic mass is 79.9. The van der Waals surface area contributed by atoms with E-state index < -0.39 is 17.7 Å². The van der Waals surface area contributed by atoms with Crippen molar-refractivity contribution in [2.75, 3.05) is 26.1 Å². The number of rotatable bonds is 6. The molecule has 9 nitrogen and oxygen atoms in total. The molecule has 2 rings (SSSR count). The minimum atomic E-state index is -1.06. The van der Waals surface area contributed by atoms with E-state index >= 15 is 0 Å². The van der Waals surface area contributed by atoms with E-state index in [1.54, 1.807) is 24.3 Å². The zero-order valence-corrected chi connectivity index (χ0v) is 17.6. The van der Waals surface area contributed by atoms with Gasteiger partial charge in [0, 0.05) is 10.5 Å². The number of hydrazine groups is 1. The quantitative estimate of drug-likeness (QED) is 0.443. The second kappa shape index (κ2) is 10.3. The van der Waals surface area contributed by atoms with Crippen LogP contribution < -0.4 is 30.4 Å². The molecule has 2 aromatic rings. The van der Waals surface area contributed by atoms with Crippen molar-refractivity contribution < 1.29 is 28.6 Å². The predicted molar refractivity (Wildman–Crippen MR) is 109 cm³/mol. The van der Waals surface area contributed by atoms with Gasteiger partial charge in [0.05, 0.1) is 19.9 Å². The fraction of sp³-hybridized carbons (Fsp3) is 0.211. The van der Waals surface area contributed by atoms with Gasteiger partial charge in [-0.2, -0.15) is 0 Å². The topological polar surface area (TPSA) is 115 Å². The van der Waals surface area contributed by atoms with E-state index in [1.165, 1.54) is 20.3 Å². The van der Waals surface area contributed by atoms with Gasteiger partial charge < -0.3 is 19.5 Å². The maximum atomic E-state index is 12.0. The van der Waals surface area contributed by atoms with Gasteiger partial charge in [-0.15, -0.1) is 0 Å². The van der Waals surface area contributed by atoms with Crippen molar-refractivity contribution in [1.29, 1.82) is 0 Å². The minimum absolute atomic E-state index is 0.272. The lowest BCUT2D eigenvalue weighted by molar-refractivity contribution is -0.138. The number of amides is 3. The molecule has 0 aromatic heterocycles. The van der Waals surface area contributed by atoms with E-state index in [9.17, 15) is 14.4 Å². The van der Waals surface area contributed by atoms with Crippen LogP contribution in [0.5, 0.6) is 17.2 Å². The molecule has 0 heterocycles. The second-order valence-electron chi connectivity index (χ2n) is 5.72. The molecule has 0 aliphatic heterocycles. The summed E-state index contributed by atoms with van der Waals surface area (Å²) in [5, 5.41) is 2.39. The zero-order chi connectivity index (χ0) is 21.4. The molecule has 3 N–H and O–H groups in total. The van der Waals surface area contributed by atoms with Gasteiger partial charge in [0.2, 0.25) is 0 Å². The number of nitrogens with one attached hydrogen (secondary N) is 3. The van der Waals surface area contributed by atoms with E-state index in [2.05, 4.69) is 26.7 Å². The second-order valence-corrected chi connectivity index (χ2v) is 6.64. The molecule has 0 spiro atoms. The number of ether oxygens (including phenoxy) is 3. The number of methoxy groups -OCH3 is 2. The number of benzene rings is 2. The molecular formula is C19H20BrN3O6. The summed E-state index contributed by atoms with van der Waals surface area (Å²) >= 11 is 3.34. The fourth-order valence-electron chi connectivity index (χ4n) is 2.22. The lowest BCUT2D eigenvalue weighted by Crippen LogP contribution is -2.48. The van der Waals surface area contributed by atoms with Crippen molar-refractivity contribution in [2.24, 2.45) is 0 Å². The summed E-state index contributed by atoms with van der Waals surface area (Å²) in [6.45, 7) is 1.49. The van der Waals surface area contributed by atoms with Crippen LogP contribution in [0.4, 0.5) is 5.69 Å². The van der Waals surface area contributed by atoms with E-state index in [-0.39, 0.29) is 12.3 Å². The van der Waals surface area contributed by atoms with Crippen molar-refractivity contribution in [3.63, 3.8) is 0 Å². The van der Waals surface area contributed by atoms with Crippen LogP contribution in [0.2, 0.25) is 0 Å². The summed E-state index contributed by atoms with van der Waals surface area (Å²) in [6, 6.07) is 10.00. The van der Waals surface area contributed by atoms with Gasteiger partial charge in [-0.1, -0.05) is 15.9 Å². The summed E-state index contributed by atoms with van der Waals surface area (Å²) in [6.07, 6.45) is 0. The number of halogens is 1. The monoisotopic (exact) mass is 465 g/mol. The molecule has 0 radical (unpaired) electrons. The Labute approximate surface area is 175 Å². The Morgan fingerprint density at radius 3 is 2.34 bits per heavy atom. The number of carbonyl (C=O) groups excluding carboxylic acids is 3. The standard InChI is InChI=1S/C19H20BrN3O6/c1-11-8-12(20)4-7-15(11)29-10-17(24)22-23-19(26)18(25)21-14-6-5-13(27-2)9-16(14)28-3/h4-9H,10H2,1-3H3,(H,21,25)(H,22,24)(H,23,26). The predicted octanol–water partition coefficient (Wildman–Crippen LogP) is 1.94. The average Bonchev–Trinajstić information content (AvgIpc) is 2.71. The van der Waals surface area contributed by atoms with Crippen LogP contribution in [-0.2, 0) is 14.4 Å². The van der Waals surface area contributed by atoms with Gasteiger partial charge in [0.25, 0.3) is 5.91 Å². The van der Waals surface area contributed by atoms with E-state index in [0.717, 1.165) is 10.0 Å². The number of carbonyl (C=O) groups is 3. The van der Waals surface area contributed by atoms with Crippen molar-refractivity contribution >= 4 is 39.3 Å². The first kappa shape index (κ1) is 22.0. The number of hydrogen-bond donors (Lipinski definition) is 3. The van der Waals surface area contributed by atoms with Gasteiger partial charge in [-0.3, -0.25) is 25.2 Å². The molecule has 0 bridgehead atoms. The molecule has 0 atom stereocenters. The number of hydrogen-bond acceptors (Lipinski definition) is 6. The third-order valence-electron chi connectivity index (χ3n) is 3.67. The van der Waals surface area contributed by atoms with Gasteiger partial charge >= 0.3 is 11.8 Å². The van der Waals surface area contributed by atoms with Gasteiger partial charge in [-0.05, 0) is 42.8 Å². The van der Waals surface area contributed by atoms with Crippen LogP contribution in [0.1, 0.15) is 5.56 Å². The van der Waals surface area contributed by atoms with Crippen LogP contribution in [0, 0.1) is 6.92 Å². The summed E-state index contributed by atoms with van der Waals surface area (Å²) < 4.78 is 16.5. The van der Waals surface area contributed by atoms with Gasteiger partial charge in [0.1, 0.15) is 17.2 Å². The highest BCUT2D eigenvalue weighted by molar-refractivity contribution is 9.10. The van der Waals surface area contributed by atoms with Crippen molar-refractivity contribution in [3.05, 3.63) is 46.4 Å². The number of aryl methyl sites for hydroxylation is 1. The Morgan fingerprint density at radius 2 is 1.69 bits per heavy atom. The zero-order valence-electron chi connectivity index (χ0n) is 16.0. The molecule has 0 aliphatic rings. The third-order valence-corrected chi connectivity index (χ3v) is 4.17. The Morgan fingerprint density at radius 1 is 0.931 bits per heavy atom. The fourth-order valence-corrected chi connectivity index (χ4v) is 2.69. The van der Waals surface area contributed by atoms with Crippen LogP contribution in [0.15, 0.2) is 40.9 Å². The van der Waals surface area contributed by atoms with Crippen LogP contribution >= 0.6 is 15.9 Å². The summed E-state index contributed by atoms with van der Waals surface area (Å²) in [4.78, 5) is 35.7. The normalized spacial score (nSPS) is 9.93. The maximum Gasteiger partial charge on any atom is 0.328 e. The minimum Gasteiger partial charge on any atom is -0.497 e. The smallest absolute Gasteiger partial charge is 0.328 e. The first-order valence-electron chi connectivity index (χ1n) is 8.35. The third kappa shape index (κ3) is 6.39. The first-order chi connectivity index (χ1) is 13.8.